The van der Waals surface area contributed by atoms with Crippen LogP contribution in [0.15, 0.2) is 21.3 Å². The zero-order valence-electron chi connectivity index (χ0n) is 10.2. The molecule has 1 aliphatic rings. The highest BCUT2D eigenvalue weighted by atomic mass is 16.5. The number of rotatable bonds is 1. The second-order valence-electron chi connectivity index (χ2n) is 4.57. The van der Waals surface area contributed by atoms with Gasteiger partial charge in [-0.05, 0) is 37.3 Å². The molecule has 3 rings (SSSR count). The maximum Gasteiger partial charge on any atom is 0.339 e. The van der Waals surface area contributed by atoms with Crippen molar-refractivity contribution in [3.05, 3.63) is 33.7 Å². The summed E-state index contributed by atoms with van der Waals surface area (Å²) >= 11 is 0. The average molecular weight is 246 g/mol. The monoisotopic (exact) mass is 246 g/mol. The number of phenolic OH excluding ortho intramolecular Hbond substituents is 1. The van der Waals surface area contributed by atoms with E-state index in [0.29, 0.717) is 11.3 Å². The number of hydrogen-bond acceptors (Lipinski definition) is 4. The van der Waals surface area contributed by atoms with Gasteiger partial charge >= 0.3 is 5.63 Å². The van der Waals surface area contributed by atoms with Gasteiger partial charge in [-0.25, -0.2) is 4.79 Å². The first-order chi connectivity index (χ1) is 8.70. The summed E-state index contributed by atoms with van der Waals surface area (Å²) in [4.78, 5) is 11.9. The molecule has 4 heteroatoms. The van der Waals surface area contributed by atoms with Crippen LogP contribution in [0, 0.1) is 0 Å². The van der Waals surface area contributed by atoms with Gasteiger partial charge in [0, 0.05) is 17.0 Å². The summed E-state index contributed by atoms with van der Waals surface area (Å²) in [5.74, 6) is 0.396. The van der Waals surface area contributed by atoms with Gasteiger partial charge in [-0.15, -0.1) is 0 Å². The van der Waals surface area contributed by atoms with Crippen LogP contribution in [0.5, 0.6) is 11.5 Å². The van der Waals surface area contributed by atoms with Crippen LogP contribution >= 0.6 is 0 Å². The van der Waals surface area contributed by atoms with Gasteiger partial charge in [-0.3, -0.25) is 0 Å². The van der Waals surface area contributed by atoms with Gasteiger partial charge in [0.15, 0.2) is 11.5 Å². The van der Waals surface area contributed by atoms with E-state index in [1.165, 1.54) is 7.11 Å². The van der Waals surface area contributed by atoms with Crippen molar-refractivity contribution in [3.8, 4) is 11.5 Å². The highest BCUT2D eigenvalue weighted by Crippen LogP contribution is 2.34. The zero-order chi connectivity index (χ0) is 12.7. The largest absolute Gasteiger partial charge is 0.504 e. The molecule has 4 nitrogen and oxygen atoms in total. The molecule has 0 spiro atoms. The molecule has 0 amide bonds. The second kappa shape index (κ2) is 4.05. The maximum atomic E-state index is 11.9. The average Bonchev–Trinajstić information content (AvgIpc) is 2.39. The van der Waals surface area contributed by atoms with Crippen molar-refractivity contribution in [2.45, 2.75) is 25.7 Å². The van der Waals surface area contributed by atoms with Gasteiger partial charge in [-0.1, -0.05) is 0 Å². The van der Waals surface area contributed by atoms with Crippen molar-refractivity contribution in [3.63, 3.8) is 0 Å². The Kier molecular flexibility index (Phi) is 2.51. The van der Waals surface area contributed by atoms with Crippen LogP contribution < -0.4 is 10.4 Å². The number of methoxy groups -OCH3 is 1. The van der Waals surface area contributed by atoms with Crippen LogP contribution in [-0.4, -0.2) is 12.2 Å². The fourth-order valence-electron chi connectivity index (χ4n) is 2.62. The first kappa shape index (κ1) is 11.1. The topological polar surface area (TPSA) is 59.7 Å². The van der Waals surface area contributed by atoms with Crippen LogP contribution in [0.3, 0.4) is 0 Å². The van der Waals surface area contributed by atoms with E-state index in [9.17, 15) is 9.90 Å². The van der Waals surface area contributed by atoms with Gasteiger partial charge < -0.3 is 14.3 Å². The van der Waals surface area contributed by atoms with Crippen molar-refractivity contribution >= 4 is 11.0 Å². The molecule has 1 aromatic heterocycles. The Labute approximate surface area is 104 Å². The van der Waals surface area contributed by atoms with E-state index in [1.807, 2.05) is 0 Å². The normalized spacial score (nSPS) is 14.5. The number of benzene rings is 1. The predicted octanol–water partition coefficient (Wildman–Crippen LogP) is 2.39. The molecule has 0 atom stereocenters. The third kappa shape index (κ3) is 1.56. The van der Waals surface area contributed by atoms with Crippen molar-refractivity contribution in [2.75, 3.05) is 7.11 Å². The number of phenols is 1. The van der Waals surface area contributed by atoms with Gasteiger partial charge in [0.1, 0.15) is 5.58 Å². The lowest BCUT2D eigenvalue weighted by atomic mass is 9.90. The Bertz CT molecular complexity index is 670. The molecule has 18 heavy (non-hydrogen) atoms. The van der Waals surface area contributed by atoms with Crippen LogP contribution in [0.2, 0.25) is 0 Å². The molecule has 0 saturated carbocycles. The van der Waals surface area contributed by atoms with E-state index in [-0.39, 0.29) is 11.4 Å². The molecule has 0 unspecified atom stereocenters. The van der Waals surface area contributed by atoms with Crippen LogP contribution in [0.1, 0.15) is 24.0 Å². The number of aromatic hydroxyl groups is 1. The Balaban J connectivity index is 2.38. The minimum Gasteiger partial charge on any atom is -0.504 e. The molecule has 94 valence electrons. The lowest BCUT2D eigenvalue weighted by molar-refractivity contribution is 0.373. The molecule has 1 aliphatic carbocycles. The Morgan fingerprint density at radius 1 is 1.22 bits per heavy atom. The number of fused-ring (bicyclic) bond motifs is 3. The van der Waals surface area contributed by atoms with Gasteiger partial charge in [0.05, 0.1) is 7.11 Å². The third-order valence-electron chi connectivity index (χ3n) is 3.52. The van der Waals surface area contributed by atoms with Gasteiger partial charge in [-0.2, -0.15) is 0 Å². The standard InChI is InChI=1S/C14H14O4/c1-17-13-7-12-10(6-11(13)15)8-4-2-3-5-9(8)14(16)18-12/h6-7,15H,2-5H2,1H3. The Morgan fingerprint density at radius 2 is 1.94 bits per heavy atom. The molecule has 2 aromatic rings. The van der Waals surface area contributed by atoms with Crippen molar-refractivity contribution in [1.82, 2.24) is 0 Å². The SMILES string of the molecule is COc1cc2oc(=O)c3c(c2cc1O)CCCC3. The number of aryl methyl sites for hydroxylation is 1. The lowest BCUT2D eigenvalue weighted by Crippen LogP contribution is -2.15. The fraction of sp³-hybridized carbons (Fsp3) is 0.357. The summed E-state index contributed by atoms with van der Waals surface area (Å²) < 4.78 is 10.3. The highest BCUT2D eigenvalue weighted by molar-refractivity contribution is 5.85. The van der Waals surface area contributed by atoms with E-state index in [4.69, 9.17) is 9.15 Å². The summed E-state index contributed by atoms with van der Waals surface area (Å²) in [6.07, 6.45) is 3.72. The molecule has 0 radical (unpaired) electrons. The first-order valence-electron chi connectivity index (χ1n) is 6.06. The highest BCUT2D eigenvalue weighted by Gasteiger charge is 2.19. The van der Waals surface area contributed by atoms with Crippen molar-refractivity contribution in [1.29, 1.82) is 0 Å². The summed E-state index contributed by atoms with van der Waals surface area (Å²) in [5, 5.41) is 10.7. The minimum absolute atomic E-state index is 0.0756. The molecular formula is C14H14O4. The van der Waals surface area contributed by atoms with Crippen LogP contribution in [-0.2, 0) is 12.8 Å². The lowest BCUT2D eigenvalue weighted by Gasteiger charge is -2.16. The summed E-state index contributed by atoms with van der Waals surface area (Å²) in [6.45, 7) is 0. The zero-order valence-corrected chi connectivity index (χ0v) is 10.2. The van der Waals surface area contributed by atoms with Crippen LogP contribution in [0.25, 0.3) is 11.0 Å². The Hall–Kier alpha value is -1.97. The molecule has 0 bridgehead atoms. The molecule has 1 aromatic carbocycles. The minimum atomic E-state index is -0.259. The third-order valence-corrected chi connectivity index (χ3v) is 3.52. The number of ether oxygens (including phenoxy) is 1. The predicted molar refractivity (Wildman–Crippen MR) is 67.3 cm³/mol. The quantitative estimate of drug-likeness (QED) is 0.785. The van der Waals surface area contributed by atoms with E-state index in [1.54, 1.807) is 12.1 Å². The summed E-state index contributed by atoms with van der Waals surface area (Å²) in [7, 11) is 1.47. The summed E-state index contributed by atoms with van der Waals surface area (Å²) in [6, 6.07) is 3.20. The van der Waals surface area contributed by atoms with Crippen LogP contribution in [0.4, 0.5) is 0 Å². The molecule has 1 N–H and O–H groups in total. The van der Waals surface area contributed by atoms with Gasteiger partial charge in [0.25, 0.3) is 0 Å². The van der Waals surface area contributed by atoms with Crippen molar-refractivity contribution < 1.29 is 14.3 Å². The molecule has 0 fully saturated rings. The van der Waals surface area contributed by atoms with E-state index in [0.717, 1.165) is 42.2 Å². The summed E-state index contributed by atoms with van der Waals surface area (Å²) in [5.41, 5.74) is 2.00. The molecular weight excluding hydrogens is 232 g/mol. The van der Waals surface area contributed by atoms with E-state index < -0.39 is 0 Å². The van der Waals surface area contributed by atoms with Gasteiger partial charge in [0.2, 0.25) is 0 Å². The maximum absolute atomic E-state index is 11.9. The van der Waals surface area contributed by atoms with Crippen molar-refractivity contribution in [2.24, 2.45) is 0 Å². The Morgan fingerprint density at radius 3 is 2.67 bits per heavy atom. The van der Waals surface area contributed by atoms with E-state index >= 15 is 0 Å². The smallest absolute Gasteiger partial charge is 0.339 e. The molecule has 0 aliphatic heterocycles. The van der Waals surface area contributed by atoms with E-state index in [2.05, 4.69) is 0 Å². The number of hydrogen-bond donors (Lipinski definition) is 1. The first-order valence-corrected chi connectivity index (χ1v) is 6.06. The second-order valence-corrected chi connectivity index (χ2v) is 4.57. The molecule has 1 heterocycles. The molecule has 0 saturated heterocycles. The fourth-order valence-corrected chi connectivity index (χ4v) is 2.62.